The molecule has 0 aliphatic carbocycles. The van der Waals surface area contributed by atoms with Crippen LogP contribution < -0.4 is 4.74 Å². The third-order valence-corrected chi connectivity index (χ3v) is 3.03. The number of esters is 1. The molecule has 1 aromatic carbocycles. The highest BCUT2D eigenvalue weighted by Crippen LogP contribution is 2.22. The van der Waals surface area contributed by atoms with Crippen molar-refractivity contribution in [2.24, 2.45) is 0 Å². The number of hydrogen-bond donors (Lipinski definition) is 0. The van der Waals surface area contributed by atoms with Crippen LogP contribution in [0.25, 0.3) is 0 Å². The van der Waals surface area contributed by atoms with Gasteiger partial charge in [-0.25, -0.2) is 9.78 Å². The van der Waals surface area contributed by atoms with E-state index in [0.717, 1.165) is 12.0 Å². The van der Waals surface area contributed by atoms with Gasteiger partial charge in [0.15, 0.2) is 0 Å². The van der Waals surface area contributed by atoms with Crippen LogP contribution in [-0.4, -0.2) is 11.0 Å². The van der Waals surface area contributed by atoms with Crippen LogP contribution in [0.15, 0.2) is 36.5 Å². The first kappa shape index (κ1) is 14.0. The molecule has 1 heterocycles. The maximum Gasteiger partial charge on any atom is 0.362 e. The lowest BCUT2D eigenvalue weighted by atomic mass is 10.2. The summed E-state index contributed by atoms with van der Waals surface area (Å²) < 4.78 is 5.16. The van der Waals surface area contributed by atoms with Gasteiger partial charge in [-0.2, -0.15) is 5.26 Å². The fraction of sp³-hybridized carbons (Fsp3) is 0.133. The molecule has 0 aliphatic heterocycles. The summed E-state index contributed by atoms with van der Waals surface area (Å²) in [5.74, 6) is -0.284. The van der Waals surface area contributed by atoms with E-state index in [1.54, 1.807) is 12.3 Å². The molecular weight excluding hydrogens is 276 g/mol. The fourth-order valence-corrected chi connectivity index (χ4v) is 1.78. The van der Waals surface area contributed by atoms with E-state index in [2.05, 4.69) is 4.98 Å². The first-order valence-electron chi connectivity index (χ1n) is 6.00. The van der Waals surface area contributed by atoms with Gasteiger partial charge in [0.05, 0.1) is 10.6 Å². The van der Waals surface area contributed by atoms with E-state index in [0.29, 0.717) is 5.56 Å². The topological polar surface area (TPSA) is 63.0 Å². The second-order valence-corrected chi connectivity index (χ2v) is 4.46. The average molecular weight is 287 g/mol. The Bertz CT molecular complexity index is 675. The predicted octanol–water partition coefficient (Wildman–Crippen LogP) is 3.39. The second kappa shape index (κ2) is 6.18. The van der Waals surface area contributed by atoms with Gasteiger partial charge in [0.25, 0.3) is 0 Å². The largest absolute Gasteiger partial charge is 0.422 e. The zero-order chi connectivity index (χ0) is 14.5. The number of nitriles is 1. The minimum atomic E-state index is -0.562. The maximum atomic E-state index is 11.9. The van der Waals surface area contributed by atoms with Crippen molar-refractivity contribution >= 4 is 17.6 Å². The van der Waals surface area contributed by atoms with E-state index in [4.69, 9.17) is 21.6 Å². The van der Waals surface area contributed by atoms with Crippen LogP contribution in [0.2, 0.25) is 5.02 Å². The lowest BCUT2D eigenvalue weighted by Gasteiger charge is -2.05. The third kappa shape index (κ3) is 3.14. The summed E-state index contributed by atoms with van der Waals surface area (Å²) in [5.41, 5.74) is 1.60. The standard InChI is InChI=1S/C15H11ClN2O2/c1-2-10-3-6-14(18-9-10)15(19)20-12-5-4-11(8-17)13(16)7-12/h3-7,9H,2H2,1H3. The van der Waals surface area contributed by atoms with Crippen molar-refractivity contribution in [1.82, 2.24) is 4.98 Å². The van der Waals surface area contributed by atoms with E-state index in [1.807, 2.05) is 19.1 Å². The van der Waals surface area contributed by atoms with E-state index in [9.17, 15) is 4.79 Å². The number of hydrogen-bond acceptors (Lipinski definition) is 4. The summed E-state index contributed by atoms with van der Waals surface area (Å²) in [6.45, 7) is 2.01. The monoisotopic (exact) mass is 286 g/mol. The van der Waals surface area contributed by atoms with E-state index in [-0.39, 0.29) is 16.5 Å². The zero-order valence-corrected chi connectivity index (χ0v) is 11.5. The molecule has 0 N–H and O–H groups in total. The Morgan fingerprint density at radius 3 is 2.75 bits per heavy atom. The van der Waals surface area contributed by atoms with E-state index in [1.165, 1.54) is 18.2 Å². The van der Waals surface area contributed by atoms with Crippen molar-refractivity contribution in [3.8, 4) is 11.8 Å². The van der Waals surface area contributed by atoms with Crippen LogP contribution in [0.5, 0.6) is 5.75 Å². The Hall–Kier alpha value is -2.38. The van der Waals surface area contributed by atoms with Gasteiger partial charge in [-0.05, 0) is 30.2 Å². The van der Waals surface area contributed by atoms with Crippen molar-refractivity contribution in [1.29, 1.82) is 5.26 Å². The number of aryl methyl sites for hydroxylation is 1. The summed E-state index contributed by atoms with van der Waals surface area (Å²) >= 11 is 5.87. The lowest BCUT2D eigenvalue weighted by Crippen LogP contribution is -2.10. The van der Waals surface area contributed by atoms with Gasteiger partial charge >= 0.3 is 5.97 Å². The Kier molecular flexibility index (Phi) is 4.34. The fourth-order valence-electron chi connectivity index (χ4n) is 1.56. The van der Waals surface area contributed by atoms with Crippen LogP contribution >= 0.6 is 11.6 Å². The molecule has 0 atom stereocenters. The minimum absolute atomic E-state index is 0.225. The molecule has 2 aromatic rings. The van der Waals surface area contributed by atoms with Crippen LogP contribution in [0.3, 0.4) is 0 Å². The summed E-state index contributed by atoms with van der Waals surface area (Å²) in [6, 6.07) is 9.83. The van der Waals surface area contributed by atoms with Crippen molar-refractivity contribution in [2.75, 3.05) is 0 Å². The molecule has 0 radical (unpaired) electrons. The van der Waals surface area contributed by atoms with Crippen molar-refractivity contribution in [3.63, 3.8) is 0 Å². The number of halogens is 1. The minimum Gasteiger partial charge on any atom is -0.422 e. The van der Waals surface area contributed by atoms with Gasteiger partial charge < -0.3 is 4.74 Å². The summed E-state index contributed by atoms with van der Waals surface area (Å²) in [6.07, 6.45) is 2.50. The molecule has 0 spiro atoms. The van der Waals surface area contributed by atoms with Crippen LogP contribution in [0.1, 0.15) is 28.5 Å². The van der Waals surface area contributed by atoms with E-state index >= 15 is 0 Å². The zero-order valence-electron chi connectivity index (χ0n) is 10.8. The molecule has 20 heavy (non-hydrogen) atoms. The first-order valence-corrected chi connectivity index (χ1v) is 6.38. The highest BCUT2D eigenvalue weighted by Gasteiger charge is 2.11. The Morgan fingerprint density at radius 2 is 2.20 bits per heavy atom. The van der Waals surface area contributed by atoms with Gasteiger partial charge in [0.2, 0.25) is 0 Å². The quantitative estimate of drug-likeness (QED) is 0.641. The molecule has 0 amide bonds. The van der Waals surface area contributed by atoms with Crippen LogP contribution in [-0.2, 0) is 6.42 Å². The number of ether oxygens (including phenoxy) is 1. The number of aromatic nitrogens is 1. The highest BCUT2D eigenvalue weighted by molar-refractivity contribution is 6.31. The van der Waals surface area contributed by atoms with E-state index < -0.39 is 5.97 Å². The number of carbonyl (C=O) groups is 1. The molecule has 5 heteroatoms. The molecule has 0 unspecified atom stereocenters. The molecule has 0 saturated carbocycles. The third-order valence-electron chi connectivity index (χ3n) is 2.71. The molecule has 0 saturated heterocycles. The second-order valence-electron chi connectivity index (χ2n) is 4.05. The molecule has 2 rings (SSSR count). The van der Waals surface area contributed by atoms with Gasteiger partial charge in [-0.3, -0.25) is 0 Å². The number of rotatable bonds is 3. The SMILES string of the molecule is CCc1ccc(C(=O)Oc2ccc(C#N)c(Cl)c2)nc1. The van der Waals surface area contributed by atoms with Crippen molar-refractivity contribution in [3.05, 3.63) is 58.4 Å². The summed E-state index contributed by atoms with van der Waals surface area (Å²) in [4.78, 5) is 15.9. The molecule has 0 aliphatic rings. The number of carbonyl (C=O) groups excluding carboxylic acids is 1. The molecule has 1 aromatic heterocycles. The van der Waals surface area contributed by atoms with Gasteiger partial charge in [-0.15, -0.1) is 0 Å². The Morgan fingerprint density at radius 1 is 1.40 bits per heavy atom. The Labute approximate surface area is 121 Å². The molecular formula is C15H11ClN2O2. The molecule has 0 bridgehead atoms. The van der Waals surface area contributed by atoms with Crippen LogP contribution in [0, 0.1) is 11.3 Å². The van der Waals surface area contributed by atoms with Gasteiger partial charge in [-0.1, -0.05) is 24.6 Å². The lowest BCUT2D eigenvalue weighted by molar-refractivity contribution is 0.0728. The number of nitrogens with zero attached hydrogens (tertiary/aromatic N) is 2. The van der Waals surface area contributed by atoms with Crippen molar-refractivity contribution < 1.29 is 9.53 Å². The Balaban J connectivity index is 2.15. The van der Waals surface area contributed by atoms with Gasteiger partial charge in [0.1, 0.15) is 17.5 Å². The number of benzene rings is 1. The van der Waals surface area contributed by atoms with Gasteiger partial charge in [0, 0.05) is 12.3 Å². The summed E-state index contributed by atoms with van der Waals surface area (Å²) in [5, 5.41) is 9.01. The molecule has 4 nitrogen and oxygen atoms in total. The number of pyridine rings is 1. The van der Waals surface area contributed by atoms with Crippen LogP contribution in [0.4, 0.5) is 0 Å². The normalized spacial score (nSPS) is 9.85. The average Bonchev–Trinajstić information content (AvgIpc) is 2.47. The smallest absolute Gasteiger partial charge is 0.362 e. The summed E-state index contributed by atoms with van der Waals surface area (Å²) in [7, 11) is 0. The van der Waals surface area contributed by atoms with Crippen molar-refractivity contribution in [2.45, 2.75) is 13.3 Å². The first-order chi connectivity index (χ1) is 9.63. The molecule has 0 fully saturated rings. The predicted molar refractivity (Wildman–Crippen MR) is 74.7 cm³/mol. The highest BCUT2D eigenvalue weighted by atomic mass is 35.5. The maximum absolute atomic E-state index is 11.9. The molecule has 100 valence electrons.